The van der Waals surface area contributed by atoms with Gasteiger partial charge in [-0.1, -0.05) is 13.8 Å². The van der Waals surface area contributed by atoms with E-state index in [9.17, 15) is 19.1 Å². The molecule has 0 aliphatic carbocycles. The van der Waals surface area contributed by atoms with Crippen molar-refractivity contribution in [1.82, 2.24) is 4.90 Å². The van der Waals surface area contributed by atoms with Gasteiger partial charge in [-0.15, -0.1) is 0 Å². The summed E-state index contributed by atoms with van der Waals surface area (Å²) in [6.07, 6.45) is 3.53. The number of ether oxygens (including phenoxy) is 2. The number of likely N-dealkylation sites (tertiary alicyclic amines) is 1. The molecule has 1 N–H and O–H groups in total. The van der Waals surface area contributed by atoms with Crippen molar-refractivity contribution < 1.29 is 28.6 Å². The van der Waals surface area contributed by atoms with Crippen LogP contribution in [-0.2, 0) is 4.74 Å². The van der Waals surface area contributed by atoms with E-state index in [2.05, 4.69) is 0 Å². The van der Waals surface area contributed by atoms with Crippen molar-refractivity contribution in [2.24, 2.45) is 11.3 Å². The standard InChI is InChI=1S/C25H38FNO5/c1-24(2,3)32-23(30)27-12-10-18(11-13-27)7-6-14-31-19-8-9-20(21(26)15-19)22(29)16-25(4,5)17-28/h8-9,15,18,28H,6-7,10-14,16-17H2,1-5H3. The van der Waals surface area contributed by atoms with Crippen molar-refractivity contribution in [3.8, 4) is 5.75 Å². The Bertz CT molecular complexity index is 779. The predicted molar refractivity (Wildman–Crippen MR) is 121 cm³/mol. The number of ketones is 1. The van der Waals surface area contributed by atoms with Crippen LogP contribution < -0.4 is 4.74 Å². The number of hydrogen-bond donors (Lipinski definition) is 1. The number of hydrogen-bond acceptors (Lipinski definition) is 5. The first kappa shape index (κ1) is 26.1. The van der Waals surface area contributed by atoms with E-state index in [1.165, 1.54) is 12.1 Å². The second kappa shape index (κ2) is 11.1. The quantitative estimate of drug-likeness (QED) is 0.411. The molecule has 1 aromatic rings. The van der Waals surface area contributed by atoms with Crippen LogP contribution in [0.5, 0.6) is 5.75 Å². The minimum Gasteiger partial charge on any atom is -0.493 e. The third-order valence-electron chi connectivity index (χ3n) is 5.60. The number of halogens is 1. The van der Waals surface area contributed by atoms with E-state index < -0.39 is 16.8 Å². The monoisotopic (exact) mass is 451 g/mol. The molecule has 1 fully saturated rings. The van der Waals surface area contributed by atoms with Gasteiger partial charge in [0.1, 0.15) is 17.2 Å². The number of carbonyl (C=O) groups is 2. The van der Waals surface area contributed by atoms with Crippen molar-refractivity contribution in [3.05, 3.63) is 29.6 Å². The molecule has 6 nitrogen and oxygen atoms in total. The lowest BCUT2D eigenvalue weighted by Crippen LogP contribution is -2.41. The van der Waals surface area contributed by atoms with Crippen LogP contribution in [0, 0.1) is 17.2 Å². The summed E-state index contributed by atoms with van der Waals surface area (Å²) in [6, 6.07) is 4.31. The highest BCUT2D eigenvalue weighted by atomic mass is 19.1. The van der Waals surface area contributed by atoms with Gasteiger partial charge in [0.15, 0.2) is 5.78 Å². The molecule has 0 atom stereocenters. The maximum Gasteiger partial charge on any atom is 0.410 e. The summed E-state index contributed by atoms with van der Waals surface area (Å²) in [4.78, 5) is 26.2. The van der Waals surface area contributed by atoms with E-state index in [0.717, 1.165) is 25.7 Å². The minimum atomic E-state index is -0.601. The fourth-order valence-corrected chi connectivity index (χ4v) is 3.69. The second-order valence-corrected chi connectivity index (χ2v) is 10.5. The summed E-state index contributed by atoms with van der Waals surface area (Å²) < 4.78 is 25.5. The van der Waals surface area contributed by atoms with Crippen LogP contribution in [0.1, 0.15) is 77.1 Å². The lowest BCUT2D eigenvalue weighted by Gasteiger charge is -2.33. The van der Waals surface area contributed by atoms with E-state index >= 15 is 0 Å². The average molecular weight is 452 g/mol. The van der Waals surface area contributed by atoms with Crippen LogP contribution in [0.2, 0.25) is 0 Å². The first-order valence-electron chi connectivity index (χ1n) is 11.4. The fourth-order valence-electron chi connectivity index (χ4n) is 3.69. The molecule has 0 bridgehead atoms. The minimum absolute atomic E-state index is 0.0237. The van der Waals surface area contributed by atoms with Gasteiger partial charge in [0.2, 0.25) is 0 Å². The van der Waals surface area contributed by atoms with Gasteiger partial charge in [0.05, 0.1) is 12.2 Å². The van der Waals surface area contributed by atoms with Crippen molar-refractivity contribution in [3.63, 3.8) is 0 Å². The first-order valence-corrected chi connectivity index (χ1v) is 11.4. The number of Topliss-reactive ketones (excluding diaryl/α,β-unsaturated/α-hetero) is 1. The molecular formula is C25H38FNO5. The topological polar surface area (TPSA) is 76.1 Å². The highest BCUT2D eigenvalue weighted by Gasteiger charge is 2.27. The van der Waals surface area contributed by atoms with Gasteiger partial charge >= 0.3 is 6.09 Å². The fraction of sp³-hybridized carbons (Fsp3) is 0.680. The Labute approximate surface area is 191 Å². The van der Waals surface area contributed by atoms with Gasteiger partial charge in [0.25, 0.3) is 0 Å². The highest BCUT2D eigenvalue weighted by Crippen LogP contribution is 2.26. The van der Waals surface area contributed by atoms with Crippen molar-refractivity contribution in [1.29, 1.82) is 0 Å². The number of nitrogens with zero attached hydrogens (tertiary/aromatic N) is 1. The lowest BCUT2D eigenvalue weighted by atomic mass is 9.86. The van der Waals surface area contributed by atoms with Crippen LogP contribution in [0.3, 0.4) is 0 Å². The summed E-state index contributed by atoms with van der Waals surface area (Å²) in [5.41, 5.74) is -1.04. The highest BCUT2D eigenvalue weighted by molar-refractivity contribution is 5.96. The number of carbonyl (C=O) groups excluding carboxylic acids is 2. The molecule has 0 aromatic heterocycles. The third kappa shape index (κ3) is 8.41. The van der Waals surface area contributed by atoms with Gasteiger partial charge in [-0.3, -0.25) is 4.79 Å². The molecule has 1 heterocycles. The van der Waals surface area contributed by atoms with Crippen LogP contribution in [0.4, 0.5) is 9.18 Å². The molecule has 1 aromatic carbocycles. The lowest BCUT2D eigenvalue weighted by molar-refractivity contribution is 0.0179. The molecule has 7 heteroatoms. The Morgan fingerprint density at radius 1 is 1.16 bits per heavy atom. The van der Waals surface area contributed by atoms with E-state index in [4.69, 9.17) is 9.47 Å². The van der Waals surface area contributed by atoms with E-state index in [1.54, 1.807) is 24.8 Å². The van der Waals surface area contributed by atoms with E-state index in [-0.39, 0.29) is 30.5 Å². The molecule has 1 aliphatic rings. The smallest absolute Gasteiger partial charge is 0.410 e. The van der Waals surface area contributed by atoms with Crippen molar-refractivity contribution in [2.45, 2.75) is 72.3 Å². The maximum absolute atomic E-state index is 14.4. The molecule has 0 saturated carbocycles. The van der Waals surface area contributed by atoms with E-state index in [1.807, 2.05) is 20.8 Å². The van der Waals surface area contributed by atoms with Crippen LogP contribution in [0.25, 0.3) is 0 Å². The van der Waals surface area contributed by atoms with Gasteiger partial charge in [-0.05, 0) is 69.9 Å². The Morgan fingerprint density at radius 2 is 1.81 bits per heavy atom. The molecule has 1 saturated heterocycles. The molecule has 0 spiro atoms. The summed E-state index contributed by atoms with van der Waals surface area (Å²) in [7, 11) is 0. The summed E-state index contributed by atoms with van der Waals surface area (Å²) in [5, 5.41) is 9.31. The summed E-state index contributed by atoms with van der Waals surface area (Å²) in [5.74, 6) is 0.00527. The number of aliphatic hydroxyl groups excluding tert-OH is 1. The van der Waals surface area contributed by atoms with E-state index in [0.29, 0.717) is 31.4 Å². The molecule has 0 radical (unpaired) electrons. The Morgan fingerprint density at radius 3 is 2.38 bits per heavy atom. The number of aliphatic hydroxyl groups is 1. The molecule has 180 valence electrons. The number of rotatable bonds is 9. The first-order chi connectivity index (χ1) is 14.9. The number of piperidine rings is 1. The normalized spacial score (nSPS) is 15.5. The second-order valence-electron chi connectivity index (χ2n) is 10.5. The maximum atomic E-state index is 14.4. The zero-order valence-electron chi connectivity index (χ0n) is 20.1. The van der Waals surface area contributed by atoms with Crippen molar-refractivity contribution in [2.75, 3.05) is 26.3 Å². The molecule has 2 rings (SSSR count). The van der Waals surface area contributed by atoms with Crippen LogP contribution >= 0.6 is 0 Å². The number of amides is 1. The molecule has 32 heavy (non-hydrogen) atoms. The Balaban J connectivity index is 1.72. The van der Waals surface area contributed by atoms with Crippen LogP contribution in [-0.4, -0.2) is 53.8 Å². The predicted octanol–water partition coefficient (Wildman–Crippen LogP) is 5.22. The Kier molecular flexibility index (Phi) is 9.08. The van der Waals surface area contributed by atoms with Gasteiger partial charge in [0, 0.05) is 32.2 Å². The van der Waals surface area contributed by atoms with Gasteiger partial charge in [-0.2, -0.15) is 0 Å². The molecule has 0 unspecified atom stereocenters. The van der Waals surface area contributed by atoms with Gasteiger partial charge in [-0.25, -0.2) is 9.18 Å². The Hall–Kier alpha value is -2.15. The summed E-state index contributed by atoms with van der Waals surface area (Å²) in [6.45, 7) is 10.9. The average Bonchev–Trinajstić information content (AvgIpc) is 2.70. The largest absolute Gasteiger partial charge is 0.493 e. The SMILES string of the molecule is CC(C)(CO)CC(=O)c1ccc(OCCCC2CCN(C(=O)OC(C)(C)C)CC2)cc1F. The molecule has 1 amide bonds. The van der Waals surface area contributed by atoms with Gasteiger partial charge < -0.3 is 19.5 Å². The summed E-state index contributed by atoms with van der Waals surface area (Å²) >= 11 is 0. The molecular weight excluding hydrogens is 413 g/mol. The zero-order chi connectivity index (χ0) is 23.9. The zero-order valence-corrected chi connectivity index (χ0v) is 20.1. The van der Waals surface area contributed by atoms with Crippen LogP contribution in [0.15, 0.2) is 18.2 Å². The number of benzene rings is 1. The third-order valence-corrected chi connectivity index (χ3v) is 5.60. The molecule has 1 aliphatic heterocycles. The van der Waals surface area contributed by atoms with Crippen molar-refractivity contribution >= 4 is 11.9 Å².